The van der Waals surface area contributed by atoms with Crippen molar-refractivity contribution in [2.24, 2.45) is 10.8 Å². The van der Waals surface area contributed by atoms with Gasteiger partial charge in [0.05, 0.1) is 0 Å². The van der Waals surface area contributed by atoms with E-state index in [0.29, 0.717) is 10.7 Å². The second kappa shape index (κ2) is 7.75. The third kappa shape index (κ3) is 6.49. The second-order valence-electron chi connectivity index (χ2n) is 8.40. The average molecular weight is 310 g/mol. The zero-order valence-corrected chi connectivity index (χ0v) is 16.9. The fraction of sp³-hybridized carbons (Fsp3) is 0.750. The molecule has 0 radical (unpaired) electrons. The van der Waals surface area contributed by atoms with E-state index >= 15 is 0 Å². The van der Waals surface area contributed by atoms with Crippen molar-refractivity contribution >= 4 is 10.3 Å². The molecular formula is C20H37S-. The largest absolute Gasteiger partial charge is 0.423 e. The molecule has 0 saturated carbocycles. The number of rotatable bonds is 3. The molecular weight excluding hydrogens is 272 g/mol. The molecule has 0 saturated heterocycles. The van der Waals surface area contributed by atoms with Crippen molar-refractivity contribution in [1.82, 2.24) is 0 Å². The van der Waals surface area contributed by atoms with Gasteiger partial charge in [-0.25, -0.2) is 0 Å². The van der Waals surface area contributed by atoms with Gasteiger partial charge >= 0.3 is 0 Å². The number of hydrogen-bond donors (Lipinski definition) is 0. The molecule has 0 heterocycles. The Hall–Kier alpha value is -0.390. The molecule has 0 bridgehead atoms. The van der Waals surface area contributed by atoms with Crippen molar-refractivity contribution in [3.8, 4) is 5.18 Å². The van der Waals surface area contributed by atoms with Gasteiger partial charge < -0.3 is 15.5 Å². The molecule has 0 nitrogen and oxygen atoms in total. The van der Waals surface area contributed by atoms with Crippen LogP contribution in [0, 0.1) is 16.0 Å². The Labute approximate surface area is 136 Å². The van der Waals surface area contributed by atoms with Crippen LogP contribution in [-0.2, 0) is 10.3 Å². The number of hydrogen-bond acceptors (Lipinski definition) is 1. The molecule has 0 aromatic carbocycles. The lowest BCUT2D eigenvalue weighted by Gasteiger charge is -2.47. The van der Waals surface area contributed by atoms with E-state index < -0.39 is 0 Å². The van der Waals surface area contributed by atoms with Crippen LogP contribution in [0.1, 0.15) is 82.1 Å². The van der Waals surface area contributed by atoms with Crippen molar-refractivity contribution in [2.75, 3.05) is 0 Å². The molecule has 21 heavy (non-hydrogen) atoms. The minimum absolute atomic E-state index is 0.0470. The first-order valence-corrected chi connectivity index (χ1v) is 9.40. The monoisotopic (exact) mass is 309 g/mol. The molecule has 0 aliphatic heterocycles. The Balaban J connectivity index is 6.07. The summed E-state index contributed by atoms with van der Waals surface area (Å²) >= 11 is 0. The van der Waals surface area contributed by atoms with Crippen molar-refractivity contribution in [3.05, 3.63) is 22.6 Å². The minimum atomic E-state index is 0.0470. The first-order chi connectivity index (χ1) is 9.35. The maximum Gasteiger partial charge on any atom is -0.0364 e. The summed E-state index contributed by atoms with van der Waals surface area (Å²) in [5.41, 5.74) is 3.30. The number of allylic oxidation sites excluding steroid dienone is 2. The van der Waals surface area contributed by atoms with E-state index in [4.69, 9.17) is 0 Å². The lowest BCUT2D eigenvalue weighted by molar-refractivity contribution is 0.286. The fourth-order valence-corrected chi connectivity index (χ4v) is 5.63. The molecule has 0 aromatic heterocycles. The molecule has 0 aromatic rings. The molecule has 1 unspecified atom stereocenters. The van der Waals surface area contributed by atoms with E-state index in [1.807, 2.05) is 0 Å². The minimum Gasteiger partial charge on any atom is -0.423 e. The maximum atomic E-state index is 4.26. The topological polar surface area (TPSA) is 0 Å². The zero-order valence-electron chi connectivity index (χ0n) is 16.1. The molecule has 0 aliphatic rings. The van der Waals surface area contributed by atoms with Crippen molar-refractivity contribution < 1.29 is 0 Å². The van der Waals surface area contributed by atoms with Crippen LogP contribution in [0.15, 0.2) is 22.6 Å². The van der Waals surface area contributed by atoms with Crippen LogP contribution >= 0.6 is 0 Å². The highest BCUT2D eigenvalue weighted by Crippen LogP contribution is 2.37. The predicted octanol–water partition coefficient (Wildman–Crippen LogP) is 6.69. The van der Waals surface area contributed by atoms with Gasteiger partial charge in [0.1, 0.15) is 0 Å². The van der Waals surface area contributed by atoms with Crippen LogP contribution in [0.25, 0.3) is 0 Å². The van der Waals surface area contributed by atoms with Crippen LogP contribution in [0.2, 0.25) is 0 Å². The summed E-state index contributed by atoms with van der Waals surface area (Å²) in [6.45, 7) is 27.2. The molecule has 0 N–H and O–H groups in total. The van der Waals surface area contributed by atoms with Gasteiger partial charge in [-0.3, -0.25) is 0 Å². The van der Waals surface area contributed by atoms with Crippen molar-refractivity contribution in [2.45, 2.75) is 87.3 Å². The average Bonchev–Trinajstić information content (AvgIpc) is 2.29. The Morgan fingerprint density at radius 2 is 1.57 bits per heavy atom. The van der Waals surface area contributed by atoms with Gasteiger partial charge in [-0.05, 0) is 32.6 Å². The Morgan fingerprint density at radius 3 is 1.81 bits per heavy atom. The van der Waals surface area contributed by atoms with Crippen molar-refractivity contribution in [1.29, 1.82) is 0 Å². The maximum absolute atomic E-state index is 4.26. The van der Waals surface area contributed by atoms with Gasteiger partial charge in [0, 0.05) is 0 Å². The highest BCUT2D eigenvalue weighted by molar-refractivity contribution is 7.91. The smallest absolute Gasteiger partial charge is 0.0364 e. The van der Waals surface area contributed by atoms with E-state index in [9.17, 15) is 0 Å². The summed E-state index contributed by atoms with van der Waals surface area (Å²) in [7, 11) is 0.0470. The summed E-state index contributed by atoms with van der Waals surface area (Å²) in [6, 6.07) is 0. The summed E-state index contributed by atoms with van der Waals surface area (Å²) in [4.78, 5) is 1.46. The third-order valence-corrected chi connectivity index (χ3v) is 6.81. The predicted molar refractivity (Wildman–Crippen MR) is 102 cm³/mol. The quantitative estimate of drug-likeness (QED) is 0.402. The highest BCUT2D eigenvalue weighted by Gasteiger charge is 2.25. The lowest BCUT2D eigenvalue weighted by atomic mass is 9.81. The van der Waals surface area contributed by atoms with Crippen LogP contribution < -0.4 is 0 Å². The third-order valence-electron chi connectivity index (χ3n) is 3.79. The first-order valence-electron chi connectivity index (χ1n) is 8.11. The van der Waals surface area contributed by atoms with E-state index in [1.165, 1.54) is 22.5 Å². The lowest BCUT2D eigenvalue weighted by Crippen LogP contribution is -2.34. The molecule has 0 rings (SSSR count). The molecule has 0 spiro atoms. The van der Waals surface area contributed by atoms with Crippen LogP contribution in [0.5, 0.6) is 0 Å². The van der Waals surface area contributed by atoms with Gasteiger partial charge in [0.15, 0.2) is 0 Å². The zero-order chi connectivity index (χ0) is 17.0. The molecule has 0 aliphatic carbocycles. The summed E-state index contributed by atoms with van der Waals surface area (Å²) < 4.78 is 0. The summed E-state index contributed by atoms with van der Waals surface area (Å²) in [6.07, 6.45) is 2.31. The summed E-state index contributed by atoms with van der Waals surface area (Å²) in [5.74, 6) is 0. The second-order valence-corrected chi connectivity index (χ2v) is 10.5. The van der Waals surface area contributed by atoms with Crippen LogP contribution in [0.3, 0.4) is 0 Å². The van der Waals surface area contributed by atoms with E-state index in [-0.39, 0.29) is 15.7 Å². The van der Waals surface area contributed by atoms with Crippen molar-refractivity contribution in [3.63, 3.8) is 0 Å². The first kappa shape index (κ1) is 20.6. The Bertz CT molecular complexity index is 478. The van der Waals surface area contributed by atoms with Gasteiger partial charge in [-0.1, -0.05) is 78.0 Å². The Kier molecular flexibility index (Phi) is 7.60. The van der Waals surface area contributed by atoms with Gasteiger partial charge in [0.25, 0.3) is 0 Å². The van der Waals surface area contributed by atoms with Crippen LogP contribution in [0.4, 0.5) is 0 Å². The van der Waals surface area contributed by atoms with E-state index in [1.54, 1.807) is 0 Å². The highest BCUT2D eigenvalue weighted by atomic mass is 32.2. The molecule has 124 valence electrons. The molecule has 1 atom stereocenters. The Morgan fingerprint density at radius 1 is 1.10 bits per heavy atom. The fourth-order valence-electron chi connectivity index (χ4n) is 2.59. The SMILES string of the molecule is C=C(C)/C(=C(\C)CC)[S-](#CC)C(CC(C)(C)C)C(C)(C)C. The van der Waals surface area contributed by atoms with E-state index in [2.05, 4.69) is 81.0 Å². The van der Waals surface area contributed by atoms with Gasteiger partial charge in [-0.15, -0.1) is 10.2 Å². The van der Waals surface area contributed by atoms with Crippen LogP contribution in [-0.4, -0.2) is 5.25 Å². The standard InChI is InChI=1S/C20H37S/c1-12-16(5)18(15(3)4)21(13-2)17(20(9,10)11)14-19(6,7)8/h17H,3,12,14H2,1-2,4-11H3/q-1/b18-16-. The molecule has 0 amide bonds. The normalized spacial score (nSPS) is 15.6. The van der Waals surface area contributed by atoms with Gasteiger partial charge in [-0.2, -0.15) is 0 Å². The molecule has 1 heteroatoms. The van der Waals surface area contributed by atoms with E-state index in [0.717, 1.165) is 6.42 Å². The summed E-state index contributed by atoms with van der Waals surface area (Å²) in [5, 5.41) is 4.24. The van der Waals surface area contributed by atoms with Gasteiger partial charge in [0.2, 0.25) is 0 Å². The molecule has 0 fully saturated rings.